The molecule has 4 nitrogen and oxygen atoms in total. The number of halogens is 1. The Labute approximate surface area is 121 Å². The van der Waals surface area contributed by atoms with E-state index in [2.05, 4.69) is 22.4 Å². The molecule has 0 aliphatic carbocycles. The summed E-state index contributed by atoms with van der Waals surface area (Å²) < 4.78 is 0. The number of nitrogens with zero attached hydrogens (tertiary/aromatic N) is 1. The van der Waals surface area contributed by atoms with Crippen LogP contribution in [0.15, 0.2) is 42.6 Å². The SMILES string of the molecule is CC(Nc1cc2[nH]ncc2cc1N)c1ccccc1Cl. The van der Waals surface area contributed by atoms with Crippen LogP contribution >= 0.6 is 11.6 Å². The minimum absolute atomic E-state index is 0.0615. The normalized spacial score (nSPS) is 12.5. The summed E-state index contributed by atoms with van der Waals surface area (Å²) in [6.07, 6.45) is 1.76. The molecule has 4 N–H and O–H groups in total. The molecule has 1 heterocycles. The Balaban J connectivity index is 1.92. The van der Waals surface area contributed by atoms with Crippen LogP contribution in [0.25, 0.3) is 10.9 Å². The quantitative estimate of drug-likeness (QED) is 0.638. The monoisotopic (exact) mass is 286 g/mol. The lowest BCUT2D eigenvalue weighted by atomic mass is 10.1. The number of anilines is 2. The first-order valence-electron chi connectivity index (χ1n) is 6.38. The zero-order valence-corrected chi connectivity index (χ0v) is 11.8. The van der Waals surface area contributed by atoms with Crippen molar-refractivity contribution in [1.29, 1.82) is 0 Å². The standard InChI is InChI=1S/C15H15ClN4/c1-9(11-4-2-3-5-12(11)16)19-15-7-14-10(6-13(15)17)8-18-20-14/h2-9,19H,17H2,1H3,(H,18,20). The molecule has 102 valence electrons. The minimum atomic E-state index is 0.0615. The molecule has 20 heavy (non-hydrogen) atoms. The van der Waals surface area contributed by atoms with Gasteiger partial charge in [-0.2, -0.15) is 5.10 Å². The molecule has 0 aliphatic rings. The van der Waals surface area contributed by atoms with Gasteiger partial charge in [0, 0.05) is 10.4 Å². The minimum Gasteiger partial charge on any atom is -0.397 e. The van der Waals surface area contributed by atoms with Crippen molar-refractivity contribution in [2.45, 2.75) is 13.0 Å². The van der Waals surface area contributed by atoms with E-state index in [0.717, 1.165) is 27.2 Å². The second-order valence-corrected chi connectivity index (χ2v) is 5.19. The van der Waals surface area contributed by atoms with Gasteiger partial charge < -0.3 is 11.1 Å². The number of hydrogen-bond acceptors (Lipinski definition) is 3. The average Bonchev–Trinajstić information content (AvgIpc) is 2.86. The molecule has 0 fully saturated rings. The lowest BCUT2D eigenvalue weighted by molar-refractivity contribution is 0.886. The van der Waals surface area contributed by atoms with Crippen molar-refractivity contribution in [3.8, 4) is 0 Å². The Morgan fingerprint density at radius 1 is 1.30 bits per heavy atom. The van der Waals surface area contributed by atoms with E-state index >= 15 is 0 Å². The summed E-state index contributed by atoms with van der Waals surface area (Å²) >= 11 is 6.22. The van der Waals surface area contributed by atoms with Gasteiger partial charge >= 0.3 is 0 Å². The van der Waals surface area contributed by atoms with Gasteiger partial charge in [0.25, 0.3) is 0 Å². The summed E-state index contributed by atoms with van der Waals surface area (Å²) in [5.74, 6) is 0. The third-order valence-corrected chi connectivity index (χ3v) is 3.70. The lowest BCUT2D eigenvalue weighted by Crippen LogP contribution is -2.08. The van der Waals surface area contributed by atoms with Crippen molar-refractivity contribution in [2.75, 3.05) is 11.1 Å². The molecular weight excluding hydrogens is 272 g/mol. The van der Waals surface area contributed by atoms with E-state index in [1.54, 1.807) is 6.20 Å². The molecule has 1 atom stereocenters. The van der Waals surface area contributed by atoms with Crippen molar-refractivity contribution in [2.24, 2.45) is 0 Å². The summed E-state index contributed by atoms with van der Waals surface area (Å²) in [5, 5.41) is 12.1. The van der Waals surface area contributed by atoms with Gasteiger partial charge in [0.15, 0.2) is 0 Å². The molecule has 0 saturated heterocycles. The Kier molecular flexibility index (Phi) is 3.24. The van der Waals surface area contributed by atoms with Crippen LogP contribution in [0.2, 0.25) is 5.02 Å². The number of nitrogens with two attached hydrogens (primary N) is 1. The summed E-state index contributed by atoms with van der Waals surface area (Å²) in [5.41, 5.74) is 9.63. The maximum Gasteiger partial charge on any atom is 0.0672 e. The topological polar surface area (TPSA) is 66.7 Å². The molecule has 0 radical (unpaired) electrons. The van der Waals surface area contributed by atoms with E-state index in [0.29, 0.717) is 5.69 Å². The van der Waals surface area contributed by atoms with Gasteiger partial charge in [0.2, 0.25) is 0 Å². The smallest absolute Gasteiger partial charge is 0.0672 e. The lowest BCUT2D eigenvalue weighted by Gasteiger charge is -2.18. The van der Waals surface area contributed by atoms with E-state index in [4.69, 9.17) is 17.3 Å². The molecule has 0 aliphatic heterocycles. The average molecular weight is 287 g/mol. The third kappa shape index (κ3) is 2.30. The molecule has 0 bridgehead atoms. The fourth-order valence-corrected chi connectivity index (χ4v) is 2.57. The zero-order valence-electron chi connectivity index (χ0n) is 11.0. The first-order chi connectivity index (χ1) is 9.65. The molecule has 2 aromatic carbocycles. The number of aromatic amines is 1. The van der Waals surface area contributed by atoms with Crippen molar-refractivity contribution in [3.05, 3.63) is 53.2 Å². The van der Waals surface area contributed by atoms with E-state index < -0.39 is 0 Å². The van der Waals surface area contributed by atoms with Gasteiger partial charge in [-0.25, -0.2) is 0 Å². The first-order valence-corrected chi connectivity index (χ1v) is 6.76. The third-order valence-electron chi connectivity index (χ3n) is 3.35. The molecular formula is C15H15ClN4. The summed E-state index contributed by atoms with van der Waals surface area (Å²) in [7, 11) is 0. The number of nitrogen functional groups attached to an aromatic ring is 1. The Morgan fingerprint density at radius 2 is 2.10 bits per heavy atom. The largest absolute Gasteiger partial charge is 0.397 e. The second-order valence-electron chi connectivity index (χ2n) is 4.78. The predicted octanol–water partition coefficient (Wildman–Crippen LogP) is 3.97. The Hall–Kier alpha value is -2.20. The molecule has 5 heteroatoms. The number of aromatic nitrogens is 2. The van der Waals surface area contributed by atoms with Gasteiger partial charge in [-0.15, -0.1) is 0 Å². The van der Waals surface area contributed by atoms with Crippen molar-refractivity contribution >= 4 is 33.9 Å². The fourth-order valence-electron chi connectivity index (χ4n) is 2.27. The van der Waals surface area contributed by atoms with Gasteiger partial charge in [0.1, 0.15) is 0 Å². The van der Waals surface area contributed by atoms with E-state index in [-0.39, 0.29) is 6.04 Å². The second kappa shape index (κ2) is 5.06. The van der Waals surface area contributed by atoms with Crippen LogP contribution in [-0.2, 0) is 0 Å². The van der Waals surface area contributed by atoms with E-state index in [9.17, 15) is 0 Å². The number of H-pyrrole nitrogens is 1. The first kappa shape index (κ1) is 12.8. The van der Waals surface area contributed by atoms with Crippen molar-refractivity contribution in [3.63, 3.8) is 0 Å². The van der Waals surface area contributed by atoms with Crippen LogP contribution in [0, 0.1) is 0 Å². The maximum atomic E-state index is 6.22. The fraction of sp³-hybridized carbons (Fsp3) is 0.133. The maximum absolute atomic E-state index is 6.22. The highest BCUT2D eigenvalue weighted by molar-refractivity contribution is 6.31. The highest BCUT2D eigenvalue weighted by Gasteiger charge is 2.11. The molecule has 0 spiro atoms. The Bertz CT molecular complexity index is 750. The molecule has 0 amide bonds. The van der Waals surface area contributed by atoms with Crippen LogP contribution in [0.1, 0.15) is 18.5 Å². The van der Waals surface area contributed by atoms with Gasteiger partial charge in [-0.05, 0) is 30.7 Å². The van der Waals surface area contributed by atoms with Gasteiger partial charge in [-0.1, -0.05) is 29.8 Å². The van der Waals surface area contributed by atoms with Crippen LogP contribution in [0.5, 0.6) is 0 Å². The number of nitrogens with one attached hydrogen (secondary N) is 2. The van der Waals surface area contributed by atoms with Crippen molar-refractivity contribution < 1.29 is 0 Å². The molecule has 3 aromatic rings. The number of rotatable bonds is 3. The van der Waals surface area contributed by atoms with Crippen LogP contribution in [-0.4, -0.2) is 10.2 Å². The Morgan fingerprint density at radius 3 is 2.90 bits per heavy atom. The molecule has 3 rings (SSSR count). The summed E-state index contributed by atoms with van der Waals surface area (Å²) in [6.45, 7) is 2.05. The van der Waals surface area contributed by atoms with Crippen LogP contribution in [0.4, 0.5) is 11.4 Å². The highest BCUT2D eigenvalue weighted by Crippen LogP contribution is 2.30. The van der Waals surface area contributed by atoms with Crippen molar-refractivity contribution in [1.82, 2.24) is 10.2 Å². The van der Waals surface area contributed by atoms with Gasteiger partial charge in [0.05, 0.1) is 29.1 Å². The van der Waals surface area contributed by atoms with E-state index in [1.165, 1.54) is 0 Å². The number of fused-ring (bicyclic) bond motifs is 1. The summed E-state index contributed by atoms with van der Waals surface area (Å²) in [4.78, 5) is 0. The predicted molar refractivity (Wildman–Crippen MR) is 84.0 cm³/mol. The van der Waals surface area contributed by atoms with Gasteiger partial charge in [-0.3, -0.25) is 5.10 Å². The summed E-state index contributed by atoms with van der Waals surface area (Å²) in [6, 6.07) is 11.7. The zero-order chi connectivity index (χ0) is 14.1. The van der Waals surface area contributed by atoms with Crippen LogP contribution < -0.4 is 11.1 Å². The molecule has 1 aromatic heterocycles. The number of hydrogen-bond donors (Lipinski definition) is 3. The van der Waals surface area contributed by atoms with Crippen LogP contribution in [0.3, 0.4) is 0 Å². The molecule has 0 saturated carbocycles. The number of benzene rings is 2. The highest BCUT2D eigenvalue weighted by atomic mass is 35.5. The van der Waals surface area contributed by atoms with E-state index in [1.807, 2.05) is 36.4 Å². The molecule has 1 unspecified atom stereocenters.